The average molecular weight is 562 g/mol. The number of methoxy groups -OCH3 is 1. The number of amides is 2. The minimum atomic E-state index is -1.83. The summed E-state index contributed by atoms with van der Waals surface area (Å²) in [6, 6.07) is 8.83. The number of nitrogens with one attached hydrogen (secondary N) is 1. The third-order valence-corrected chi connectivity index (χ3v) is 7.91. The molecule has 11 nitrogen and oxygen atoms in total. The third-order valence-electron chi connectivity index (χ3n) is 7.06. The van der Waals surface area contributed by atoms with Gasteiger partial charge in [0.05, 0.1) is 42.0 Å². The molecule has 2 heterocycles. The first kappa shape index (κ1) is 27.6. The smallest absolute Gasteiger partial charge is 0.337 e. The lowest BCUT2D eigenvalue weighted by molar-refractivity contribution is -0.385. The van der Waals surface area contributed by atoms with Crippen LogP contribution in [0.3, 0.4) is 0 Å². The summed E-state index contributed by atoms with van der Waals surface area (Å²) in [4.78, 5) is 64.1. The average Bonchev–Trinajstić information content (AvgIpc) is 3.37. The van der Waals surface area contributed by atoms with Crippen LogP contribution in [-0.2, 0) is 25.7 Å². The van der Waals surface area contributed by atoms with Gasteiger partial charge in [0.1, 0.15) is 5.54 Å². The zero-order chi connectivity index (χ0) is 27.8. The van der Waals surface area contributed by atoms with E-state index in [1.54, 1.807) is 18.4 Å². The van der Waals surface area contributed by atoms with Crippen molar-refractivity contribution < 1.29 is 33.9 Å². The highest BCUT2D eigenvalue weighted by atomic mass is 35.5. The predicted molar refractivity (Wildman–Crippen MR) is 138 cm³/mol. The number of fused-ring (bicyclic) bond motifs is 1. The van der Waals surface area contributed by atoms with Crippen LogP contribution >= 0.6 is 23.4 Å². The molecule has 2 N–H and O–H groups in total. The van der Waals surface area contributed by atoms with Crippen LogP contribution in [0, 0.1) is 22.0 Å². The molecule has 0 spiro atoms. The predicted octanol–water partition coefficient (Wildman–Crippen LogP) is 3.06. The van der Waals surface area contributed by atoms with Crippen molar-refractivity contribution in [3.8, 4) is 0 Å². The summed E-state index contributed by atoms with van der Waals surface area (Å²) >= 11 is 7.52. The van der Waals surface area contributed by atoms with Gasteiger partial charge in [0.2, 0.25) is 11.8 Å². The Bertz CT molecular complexity index is 1320. The second kappa shape index (κ2) is 10.7. The first-order chi connectivity index (χ1) is 18.0. The summed E-state index contributed by atoms with van der Waals surface area (Å²) in [5.74, 6) is -5.32. The normalized spacial score (nSPS) is 24.4. The number of carbonyl (C=O) groups is 4. The number of nitro groups is 1. The molecule has 2 amide bonds. The molecule has 2 fully saturated rings. The number of carboxylic acid groups (broad SMARTS) is 1. The quantitative estimate of drug-likeness (QED) is 0.202. The van der Waals surface area contributed by atoms with E-state index < -0.39 is 52.1 Å². The van der Waals surface area contributed by atoms with E-state index in [-0.39, 0.29) is 34.8 Å². The number of hydrogen-bond acceptors (Lipinski definition) is 9. The van der Waals surface area contributed by atoms with Crippen LogP contribution in [0.25, 0.3) is 0 Å². The number of carboxylic acids is 1. The fourth-order valence-corrected chi connectivity index (χ4v) is 5.98. The Kier molecular flexibility index (Phi) is 7.77. The number of thioether (sulfide) groups is 1. The first-order valence-corrected chi connectivity index (χ1v) is 13.3. The Balaban J connectivity index is 1.78. The van der Waals surface area contributed by atoms with E-state index >= 15 is 0 Å². The van der Waals surface area contributed by atoms with Gasteiger partial charge in [0, 0.05) is 16.7 Å². The number of benzene rings is 2. The van der Waals surface area contributed by atoms with E-state index in [4.69, 9.17) is 11.6 Å². The molecule has 2 aromatic carbocycles. The van der Waals surface area contributed by atoms with Crippen molar-refractivity contribution in [1.82, 2.24) is 10.2 Å². The van der Waals surface area contributed by atoms with Gasteiger partial charge in [-0.1, -0.05) is 23.7 Å². The van der Waals surface area contributed by atoms with Gasteiger partial charge >= 0.3 is 11.9 Å². The number of halogens is 1. The molecule has 0 aromatic heterocycles. The summed E-state index contributed by atoms with van der Waals surface area (Å²) < 4.78 is 4.68. The highest BCUT2D eigenvalue weighted by molar-refractivity contribution is 7.98. The van der Waals surface area contributed by atoms with Gasteiger partial charge in [-0.05, 0) is 48.3 Å². The van der Waals surface area contributed by atoms with E-state index in [0.717, 1.165) is 4.90 Å². The number of esters is 1. The number of ether oxygens (including phenoxy) is 1. The van der Waals surface area contributed by atoms with Crippen LogP contribution in [-0.4, -0.2) is 63.3 Å². The van der Waals surface area contributed by atoms with E-state index in [1.165, 1.54) is 49.2 Å². The van der Waals surface area contributed by atoms with E-state index in [2.05, 4.69) is 10.1 Å². The zero-order valence-corrected chi connectivity index (χ0v) is 22.0. The fourth-order valence-electron chi connectivity index (χ4n) is 5.27. The van der Waals surface area contributed by atoms with Gasteiger partial charge < -0.3 is 9.84 Å². The number of nitrogens with zero attached hydrogens (tertiary/aromatic N) is 2. The molecular weight excluding hydrogens is 538 g/mol. The number of imide groups is 1. The zero-order valence-electron chi connectivity index (χ0n) is 20.4. The molecule has 4 rings (SSSR count). The van der Waals surface area contributed by atoms with Crippen molar-refractivity contribution in [2.24, 2.45) is 11.8 Å². The van der Waals surface area contributed by atoms with Crippen molar-refractivity contribution in [3.05, 3.63) is 74.3 Å². The number of likely N-dealkylation sites (tertiary alicyclic amines) is 1. The number of carbonyl (C=O) groups excluding carboxylic acids is 3. The molecule has 2 aliphatic rings. The fraction of sp³-hybridized carbons (Fsp3) is 0.360. The molecule has 0 radical (unpaired) electrons. The van der Waals surface area contributed by atoms with Crippen LogP contribution in [0.5, 0.6) is 0 Å². The summed E-state index contributed by atoms with van der Waals surface area (Å²) in [7, 11) is 1.25. The van der Waals surface area contributed by atoms with Crippen molar-refractivity contribution in [2.75, 3.05) is 19.1 Å². The van der Waals surface area contributed by atoms with Crippen LogP contribution < -0.4 is 5.32 Å². The summed E-state index contributed by atoms with van der Waals surface area (Å²) in [5.41, 5.74) is -1.32. The second-order valence-electron chi connectivity index (χ2n) is 9.06. The van der Waals surface area contributed by atoms with Gasteiger partial charge in [0.25, 0.3) is 5.69 Å². The Morgan fingerprint density at radius 2 is 1.89 bits per heavy atom. The standard InChI is InChI=1S/C25H24ClN3O8S/c1-37-23(32)14-5-3-13(4-6-14)12-28-21(30)18-19(22(28)31)25(24(33)34,9-10-38-2)27-20(18)16-11-15(26)7-8-17(16)29(35)36/h3-8,11,18-20,27H,9-10,12H2,1-2H3,(H,33,34). The maximum Gasteiger partial charge on any atom is 0.337 e. The van der Waals surface area contributed by atoms with Crippen molar-refractivity contribution >= 4 is 52.8 Å². The molecular formula is C25H24ClN3O8S. The largest absolute Gasteiger partial charge is 0.480 e. The molecule has 2 saturated heterocycles. The van der Waals surface area contributed by atoms with Crippen molar-refractivity contribution in [1.29, 1.82) is 0 Å². The Morgan fingerprint density at radius 3 is 2.47 bits per heavy atom. The molecule has 2 aliphatic heterocycles. The van der Waals surface area contributed by atoms with Gasteiger partial charge in [-0.15, -0.1) is 0 Å². The van der Waals surface area contributed by atoms with Crippen LogP contribution in [0.15, 0.2) is 42.5 Å². The highest BCUT2D eigenvalue weighted by Crippen LogP contribution is 2.52. The van der Waals surface area contributed by atoms with Crippen LogP contribution in [0.1, 0.15) is 33.9 Å². The summed E-state index contributed by atoms with van der Waals surface area (Å²) in [6.45, 7) is -0.158. The van der Waals surface area contributed by atoms with E-state index in [1.807, 2.05) is 0 Å². The van der Waals surface area contributed by atoms with Crippen LogP contribution in [0.4, 0.5) is 5.69 Å². The van der Waals surface area contributed by atoms with Crippen LogP contribution in [0.2, 0.25) is 5.02 Å². The molecule has 0 bridgehead atoms. The van der Waals surface area contributed by atoms with E-state index in [9.17, 15) is 34.4 Å². The minimum Gasteiger partial charge on any atom is -0.480 e. The lowest BCUT2D eigenvalue weighted by Gasteiger charge is -2.31. The molecule has 200 valence electrons. The molecule has 38 heavy (non-hydrogen) atoms. The second-order valence-corrected chi connectivity index (χ2v) is 10.5. The summed E-state index contributed by atoms with van der Waals surface area (Å²) in [5, 5.41) is 25.3. The van der Waals surface area contributed by atoms with Gasteiger partial charge in [-0.2, -0.15) is 11.8 Å². The van der Waals surface area contributed by atoms with Gasteiger partial charge in [-0.3, -0.25) is 34.7 Å². The Morgan fingerprint density at radius 1 is 1.21 bits per heavy atom. The molecule has 13 heteroatoms. The number of aliphatic carboxylic acids is 1. The maximum absolute atomic E-state index is 13.7. The van der Waals surface area contributed by atoms with Crippen molar-refractivity contribution in [3.63, 3.8) is 0 Å². The monoisotopic (exact) mass is 561 g/mol. The Hall–Kier alpha value is -3.48. The molecule has 0 saturated carbocycles. The SMILES string of the molecule is COC(=O)c1ccc(CN2C(=O)C3C(c4cc(Cl)ccc4[N+](=O)[O-])NC(CCSC)(C(=O)O)C3C2=O)cc1. The van der Waals surface area contributed by atoms with Gasteiger partial charge in [-0.25, -0.2) is 4.79 Å². The molecule has 4 unspecified atom stereocenters. The topological polar surface area (TPSA) is 156 Å². The number of nitro benzene ring substituents is 1. The molecule has 0 aliphatic carbocycles. The molecule has 2 aromatic rings. The summed E-state index contributed by atoms with van der Waals surface area (Å²) in [6.07, 6.45) is 1.80. The number of rotatable bonds is 9. The number of hydrogen-bond donors (Lipinski definition) is 2. The lowest BCUT2D eigenvalue weighted by Crippen LogP contribution is -2.56. The highest BCUT2D eigenvalue weighted by Gasteiger charge is 2.68. The molecule has 4 atom stereocenters. The maximum atomic E-state index is 13.7. The first-order valence-electron chi connectivity index (χ1n) is 11.5. The van der Waals surface area contributed by atoms with E-state index in [0.29, 0.717) is 11.3 Å². The van der Waals surface area contributed by atoms with Crippen molar-refractivity contribution in [2.45, 2.75) is 24.5 Å². The lowest BCUT2D eigenvalue weighted by atomic mass is 9.78. The minimum absolute atomic E-state index is 0.0101. The third kappa shape index (κ3) is 4.63. The van der Waals surface area contributed by atoms with Gasteiger partial charge in [0.15, 0.2) is 0 Å². The Labute approximate surface area is 226 Å².